The molecule has 2 aromatic heterocycles. The molecule has 3 unspecified atom stereocenters. The number of fused-ring (bicyclic) bond motifs is 2. The maximum absolute atomic E-state index is 14.8. The second-order valence-corrected chi connectivity index (χ2v) is 29.6. The van der Waals surface area contributed by atoms with E-state index in [-0.39, 0.29) is 17.7 Å². The molecule has 4 rings (SSSR count). The van der Waals surface area contributed by atoms with Gasteiger partial charge >= 0.3 is 0 Å². The highest BCUT2D eigenvalue weighted by atomic mass is 79.9. The second kappa shape index (κ2) is 14.9. The molecule has 252 valence electrons. The fourth-order valence-electron chi connectivity index (χ4n) is 6.47. The maximum atomic E-state index is 14.8. The summed E-state index contributed by atoms with van der Waals surface area (Å²) >= 11 is 11.5. The van der Waals surface area contributed by atoms with Crippen LogP contribution in [-0.4, -0.2) is 41.1 Å². The summed E-state index contributed by atoms with van der Waals surface area (Å²) in [7, 11) is -3.49. The van der Waals surface area contributed by atoms with Gasteiger partial charge in [0, 0.05) is 28.0 Å². The highest BCUT2D eigenvalue weighted by Crippen LogP contribution is 2.54. The lowest BCUT2D eigenvalue weighted by molar-refractivity contribution is -0.114. The zero-order chi connectivity index (χ0) is 34.3. The van der Waals surface area contributed by atoms with E-state index in [9.17, 15) is 9.59 Å². The fourth-order valence-corrected chi connectivity index (χ4v) is 18.2. The van der Waals surface area contributed by atoms with Crippen LogP contribution in [0.25, 0.3) is 11.1 Å². The van der Waals surface area contributed by atoms with E-state index in [4.69, 9.17) is 6.42 Å². The summed E-state index contributed by atoms with van der Waals surface area (Å²) in [6.45, 7) is 24.2. The molecule has 0 spiro atoms. The molecule has 3 atom stereocenters. The Kier molecular flexibility index (Phi) is 12.2. The van der Waals surface area contributed by atoms with E-state index >= 15 is 0 Å². The SMILES string of the molecule is C#CC(C)CCC(CC)CN1C(=O)C(=C2C(=O)N(CC(CC)CCCC)c3c2sc([Si](C)(C)C)c3Br)c2sc([Si](C)(C)C)c(Br)c21. The highest BCUT2D eigenvalue weighted by molar-refractivity contribution is 9.11. The molecule has 2 amide bonds. The molecule has 0 bridgehead atoms. The number of thiophene rings is 2. The lowest BCUT2D eigenvalue weighted by Crippen LogP contribution is -2.38. The second-order valence-electron chi connectivity index (χ2n) is 15.3. The summed E-state index contributed by atoms with van der Waals surface area (Å²) < 4.78 is 4.80. The third kappa shape index (κ3) is 7.30. The van der Waals surface area contributed by atoms with Crippen LogP contribution < -0.4 is 18.8 Å². The van der Waals surface area contributed by atoms with Gasteiger partial charge < -0.3 is 9.80 Å². The van der Waals surface area contributed by atoms with E-state index in [0.29, 0.717) is 36.1 Å². The van der Waals surface area contributed by atoms with Crippen LogP contribution in [-0.2, 0) is 9.59 Å². The number of nitrogens with zero attached hydrogens (tertiary/aromatic N) is 2. The Morgan fingerprint density at radius 2 is 1.15 bits per heavy atom. The molecule has 2 aliphatic heterocycles. The minimum atomic E-state index is -1.75. The Morgan fingerprint density at radius 3 is 1.50 bits per heavy atom. The van der Waals surface area contributed by atoms with Crippen molar-refractivity contribution in [3.63, 3.8) is 0 Å². The Labute approximate surface area is 305 Å². The van der Waals surface area contributed by atoms with Crippen LogP contribution in [0.4, 0.5) is 11.4 Å². The van der Waals surface area contributed by atoms with Gasteiger partial charge in [-0.05, 0) is 63.0 Å². The number of halogens is 2. The van der Waals surface area contributed by atoms with E-state index < -0.39 is 16.1 Å². The van der Waals surface area contributed by atoms with Crippen LogP contribution in [0.2, 0.25) is 39.3 Å². The molecule has 0 aromatic carbocycles. The van der Waals surface area contributed by atoms with E-state index in [0.717, 1.165) is 75.0 Å². The van der Waals surface area contributed by atoms with Crippen molar-refractivity contribution < 1.29 is 9.59 Å². The number of amides is 2. The fraction of sp³-hybridized carbons (Fsp3) is 0.611. The van der Waals surface area contributed by atoms with Gasteiger partial charge in [0.2, 0.25) is 0 Å². The number of hydrogen-bond donors (Lipinski definition) is 0. The number of carbonyl (C=O) groups excluding carboxylic acids is 2. The molecule has 4 nitrogen and oxygen atoms in total. The lowest BCUT2D eigenvalue weighted by atomic mass is 9.94. The number of carbonyl (C=O) groups is 2. The average molecular weight is 825 g/mol. The monoisotopic (exact) mass is 822 g/mol. The van der Waals surface area contributed by atoms with Crippen LogP contribution in [0, 0.1) is 30.1 Å². The molecule has 46 heavy (non-hydrogen) atoms. The zero-order valence-corrected chi connectivity index (χ0v) is 36.3. The van der Waals surface area contributed by atoms with Crippen molar-refractivity contribution in [3.8, 4) is 12.3 Å². The van der Waals surface area contributed by atoms with Gasteiger partial charge in [-0.15, -0.1) is 35.0 Å². The number of rotatable bonds is 14. The highest BCUT2D eigenvalue weighted by Gasteiger charge is 2.48. The van der Waals surface area contributed by atoms with Crippen LogP contribution >= 0.6 is 54.5 Å². The molecule has 10 heteroatoms. The first-order valence-electron chi connectivity index (χ1n) is 17.0. The molecule has 0 fully saturated rings. The largest absolute Gasteiger partial charge is 0.305 e. The summed E-state index contributed by atoms with van der Waals surface area (Å²) in [5, 5.41) is 0. The minimum absolute atomic E-state index is 0.0101. The molecule has 0 radical (unpaired) electrons. The van der Waals surface area contributed by atoms with Gasteiger partial charge in [0.1, 0.15) is 0 Å². The van der Waals surface area contributed by atoms with Crippen LogP contribution in [0.5, 0.6) is 0 Å². The van der Waals surface area contributed by atoms with E-state index in [1.807, 2.05) is 9.80 Å². The van der Waals surface area contributed by atoms with Crippen molar-refractivity contribution in [1.82, 2.24) is 0 Å². The van der Waals surface area contributed by atoms with Crippen LogP contribution in [0.15, 0.2) is 8.95 Å². The normalized spacial score (nSPS) is 18.7. The molecule has 2 aliphatic rings. The summed E-state index contributed by atoms with van der Waals surface area (Å²) in [4.78, 5) is 35.5. The molecular formula is C36H52Br2N2O2S2Si2. The average Bonchev–Trinajstić information content (AvgIpc) is 3.66. The molecular weight excluding hydrogens is 773 g/mol. The Balaban J connectivity index is 1.94. The van der Waals surface area contributed by atoms with Crippen molar-refractivity contribution in [2.24, 2.45) is 17.8 Å². The van der Waals surface area contributed by atoms with Crippen LogP contribution in [0.3, 0.4) is 0 Å². The first kappa shape index (κ1) is 37.8. The summed E-state index contributed by atoms with van der Waals surface area (Å²) in [5.74, 6) is 3.78. The predicted octanol–water partition coefficient (Wildman–Crippen LogP) is 10.3. The summed E-state index contributed by atoms with van der Waals surface area (Å²) in [5.41, 5.74) is 3.20. The standard InChI is InChI=1S/C36H52Br2N2O2S2Si2/c1-12-16-17-23(14-3)20-39-29-27(37)35(45(6,7)8)43-31(29)25(33(39)41)26-32-30(28(38)36(44-32)46(9,10)11)40(34(26)42)21-24(15-4)19-18-22(5)13-2/h2,22-24H,12,14-21H2,1,3-11H3. The summed E-state index contributed by atoms with van der Waals surface area (Å²) in [6.07, 6.45) is 13.0. The van der Waals surface area contributed by atoms with Gasteiger partial charge in [0.15, 0.2) is 0 Å². The maximum Gasteiger partial charge on any atom is 0.260 e. The van der Waals surface area contributed by atoms with Gasteiger partial charge in [-0.3, -0.25) is 9.59 Å². The van der Waals surface area contributed by atoms with Gasteiger partial charge in [-0.25, -0.2) is 0 Å². The van der Waals surface area contributed by atoms with Crippen molar-refractivity contribution >= 4 is 114 Å². The van der Waals surface area contributed by atoms with Crippen molar-refractivity contribution in [2.45, 2.75) is 112 Å². The smallest absolute Gasteiger partial charge is 0.260 e. The van der Waals surface area contributed by atoms with Crippen molar-refractivity contribution in [3.05, 3.63) is 18.7 Å². The van der Waals surface area contributed by atoms with Crippen molar-refractivity contribution in [1.29, 1.82) is 0 Å². The predicted molar refractivity (Wildman–Crippen MR) is 216 cm³/mol. The molecule has 0 saturated heterocycles. The van der Waals surface area contributed by atoms with E-state index in [1.165, 1.54) is 9.00 Å². The molecule has 0 saturated carbocycles. The number of terminal acetylenes is 1. The van der Waals surface area contributed by atoms with E-state index in [2.05, 4.69) is 105 Å². The van der Waals surface area contributed by atoms with Crippen molar-refractivity contribution in [2.75, 3.05) is 22.9 Å². The molecule has 4 heterocycles. The lowest BCUT2D eigenvalue weighted by Gasteiger charge is -2.25. The van der Waals surface area contributed by atoms with Gasteiger partial charge in [0.05, 0.1) is 57.4 Å². The molecule has 0 aliphatic carbocycles. The topological polar surface area (TPSA) is 40.6 Å². The minimum Gasteiger partial charge on any atom is -0.305 e. The third-order valence-electron chi connectivity index (χ3n) is 9.47. The Bertz CT molecular complexity index is 1560. The zero-order valence-electron chi connectivity index (χ0n) is 29.5. The first-order chi connectivity index (χ1) is 21.5. The first-order valence-corrected chi connectivity index (χ1v) is 27.2. The van der Waals surface area contributed by atoms with Crippen LogP contribution in [0.1, 0.15) is 82.4 Å². The number of anilines is 2. The Hall–Kier alpha value is -0.966. The third-order valence-corrected chi connectivity index (χ3v) is 21.8. The van der Waals surface area contributed by atoms with Gasteiger partial charge in [-0.1, -0.05) is 92.7 Å². The Morgan fingerprint density at radius 1 is 0.739 bits per heavy atom. The van der Waals surface area contributed by atoms with Gasteiger partial charge in [0.25, 0.3) is 11.8 Å². The number of hydrogen-bond acceptors (Lipinski definition) is 4. The summed E-state index contributed by atoms with van der Waals surface area (Å²) in [6, 6.07) is 0. The number of unbranched alkanes of at least 4 members (excludes halogenated alkanes) is 1. The molecule has 2 aromatic rings. The quantitative estimate of drug-likeness (QED) is 0.108. The van der Waals surface area contributed by atoms with E-state index in [1.54, 1.807) is 22.7 Å². The molecule has 0 N–H and O–H groups in total. The van der Waals surface area contributed by atoms with Gasteiger partial charge in [-0.2, -0.15) is 0 Å².